The van der Waals surface area contributed by atoms with Crippen LogP contribution in [0.15, 0.2) is 35.0 Å². The van der Waals surface area contributed by atoms with E-state index in [-0.39, 0.29) is 11.6 Å². The Balaban J connectivity index is 1.95. The van der Waals surface area contributed by atoms with Gasteiger partial charge in [0.1, 0.15) is 0 Å². The number of rotatable bonds is 4. The summed E-state index contributed by atoms with van der Waals surface area (Å²) in [6.07, 6.45) is 1.86. The van der Waals surface area contributed by atoms with Crippen molar-refractivity contribution in [3.63, 3.8) is 0 Å². The smallest absolute Gasteiger partial charge is 0.271 e. The first-order valence-electron chi connectivity index (χ1n) is 6.60. The number of benzene rings is 1. The van der Waals surface area contributed by atoms with Crippen LogP contribution in [-0.4, -0.2) is 19.6 Å². The fourth-order valence-electron chi connectivity index (χ4n) is 2.14. The first kappa shape index (κ1) is 13.3. The second-order valence-corrected chi connectivity index (χ2v) is 5.15. The maximum absolute atomic E-state index is 10.9. The zero-order valence-electron chi connectivity index (χ0n) is 11.7. The van der Waals surface area contributed by atoms with Crippen molar-refractivity contribution in [3.05, 3.63) is 52.3 Å². The minimum absolute atomic E-state index is 0.0680. The van der Waals surface area contributed by atoms with Crippen molar-refractivity contribution in [1.29, 1.82) is 0 Å². The van der Waals surface area contributed by atoms with Crippen LogP contribution in [0.2, 0.25) is 0 Å². The number of nitro benzene ring substituents is 1. The number of hydrogen-bond acceptors (Lipinski definition) is 5. The molecule has 0 fully saturated rings. The molecule has 2 aromatic heterocycles. The van der Waals surface area contributed by atoms with E-state index in [1.54, 1.807) is 12.1 Å². The standard InChI is InChI=1S/C14H14N4O3/c1-9(2)14-15-13(16-21-14)8-17-6-5-10-3-4-11(18(19)20)7-12(10)17/h3-7,9H,8H2,1-2H3. The topological polar surface area (TPSA) is 87.0 Å². The van der Waals surface area contributed by atoms with Gasteiger partial charge in [-0.1, -0.05) is 19.0 Å². The molecule has 0 radical (unpaired) electrons. The summed E-state index contributed by atoms with van der Waals surface area (Å²) < 4.78 is 7.04. The minimum Gasteiger partial charge on any atom is -0.339 e. The van der Waals surface area contributed by atoms with Crippen molar-refractivity contribution in [1.82, 2.24) is 14.7 Å². The molecule has 0 spiro atoms. The SMILES string of the molecule is CC(C)c1nc(Cn2ccc3ccc([N+](=O)[O-])cc32)no1. The van der Waals surface area contributed by atoms with Gasteiger partial charge in [0.2, 0.25) is 5.89 Å². The van der Waals surface area contributed by atoms with Crippen molar-refractivity contribution < 1.29 is 9.45 Å². The molecule has 3 aromatic rings. The highest BCUT2D eigenvalue weighted by atomic mass is 16.6. The van der Waals surface area contributed by atoms with E-state index in [2.05, 4.69) is 10.1 Å². The minimum atomic E-state index is -0.401. The largest absolute Gasteiger partial charge is 0.339 e. The molecule has 0 aliphatic heterocycles. The Morgan fingerprint density at radius 1 is 1.38 bits per heavy atom. The summed E-state index contributed by atoms with van der Waals surface area (Å²) in [5.41, 5.74) is 0.846. The molecule has 2 heterocycles. The van der Waals surface area contributed by atoms with Gasteiger partial charge in [-0.3, -0.25) is 10.1 Å². The van der Waals surface area contributed by atoms with Crippen LogP contribution in [-0.2, 0) is 6.54 Å². The summed E-state index contributed by atoms with van der Waals surface area (Å²) in [5, 5.41) is 15.7. The molecule has 108 valence electrons. The van der Waals surface area contributed by atoms with Crippen LogP contribution in [0, 0.1) is 10.1 Å². The molecule has 0 unspecified atom stereocenters. The van der Waals surface area contributed by atoms with Crippen LogP contribution in [0.4, 0.5) is 5.69 Å². The zero-order chi connectivity index (χ0) is 15.0. The summed E-state index contributed by atoms with van der Waals surface area (Å²) in [6, 6.07) is 6.69. The first-order valence-corrected chi connectivity index (χ1v) is 6.60. The fraction of sp³-hybridized carbons (Fsp3) is 0.286. The fourth-order valence-corrected chi connectivity index (χ4v) is 2.14. The van der Waals surface area contributed by atoms with E-state index in [9.17, 15) is 10.1 Å². The number of aromatic nitrogens is 3. The number of nitrogens with zero attached hydrogens (tertiary/aromatic N) is 4. The van der Waals surface area contributed by atoms with Gasteiger partial charge in [0.05, 0.1) is 17.0 Å². The Kier molecular flexibility index (Phi) is 3.17. The first-order chi connectivity index (χ1) is 10.0. The molecule has 0 aliphatic rings. The molecule has 0 N–H and O–H groups in total. The van der Waals surface area contributed by atoms with E-state index in [0.29, 0.717) is 18.3 Å². The van der Waals surface area contributed by atoms with Gasteiger partial charge >= 0.3 is 0 Å². The van der Waals surface area contributed by atoms with E-state index in [1.165, 1.54) is 6.07 Å². The molecule has 0 atom stereocenters. The lowest BCUT2D eigenvalue weighted by molar-refractivity contribution is -0.384. The van der Waals surface area contributed by atoms with E-state index < -0.39 is 4.92 Å². The monoisotopic (exact) mass is 286 g/mol. The summed E-state index contributed by atoms with van der Waals surface area (Å²) in [5.74, 6) is 1.32. The third kappa shape index (κ3) is 2.49. The van der Waals surface area contributed by atoms with E-state index >= 15 is 0 Å². The van der Waals surface area contributed by atoms with Gasteiger partial charge in [0.15, 0.2) is 5.82 Å². The van der Waals surface area contributed by atoms with Crippen LogP contribution in [0.25, 0.3) is 10.9 Å². The molecule has 0 saturated carbocycles. The molecule has 7 heteroatoms. The quantitative estimate of drug-likeness (QED) is 0.543. The van der Waals surface area contributed by atoms with Gasteiger partial charge in [0.25, 0.3) is 5.69 Å². The number of non-ortho nitro benzene ring substituents is 1. The number of nitro groups is 1. The third-order valence-corrected chi connectivity index (χ3v) is 3.26. The Morgan fingerprint density at radius 3 is 2.86 bits per heavy atom. The normalized spacial score (nSPS) is 11.4. The Bertz CT molecular complexity index is 804. The van der Waals surface area contributed by atoms with Crippen molar-refractivity contribution >= 4 is 16.6 Å². The maximum atomic E-state index is 10.9. The van der Waals surface area contributed by atoms with E-state index in [1.807, 2.05) is 30.7 Å². The van der Waals surface area contributed by atoms with Crippen molar-refractivity contribution in [3.8, 4) is 0 Å². The highest BCUT2D eigenvalue weighted by Gasteiger charge is 2.13. The highest BCUT2D eigenvalue weighted by molar-refractivity contribution is 5.82. The predicted octanol–water partition coefficient (Wildman–Crippen LogP) is 3.10. The Morgan fingerprint density at radius 2 is 2.19 bits per heavy atom. The Labute approximate surface area is 120 Å². The van der Waals surface area contributed by atoms with Crippen molar-refractivity contribution in [2.45, 2.75) is 26.3 Å². The third-order valence-electron chi connectivity index (χ3n) is 3.26. The summed E-state index contributed by atoms with van der Waals surface area (Å²) in [4.78, 5) is 14.8. The van der Waals surface area contributed by atoms with Crippen LogP contribution in [0.5, 0.6) is 0 Å². The second kappa shape index (κ2) is 5.01. The van der Waals surface area contributed by atoms with Gasteiger partial charge in [-0.2, -0.15) is 4.98 Å². The molecular weight excluding hydrogens is 272 g/mol. The van der Waals surface area contributed by atoms with E-state index in [4.69, 9.17) is 4.52 Å². The molecule has 3 rings (SSSR count). The number of fused-ring (bicyclic) bond motifs is 1. The van der Waals surface area contributed by atoms with Crippen LogP contribution in [0.1, 0.15) is 31.5 Å². The van der Waals surface area contributed by atoms with Crippen LogP contribution < -0.4 is 0 Å². The summed E-state index contributed by atoms with van der Waals surface area (Å²) >= 11 is 0. The summed E-state index contributed by atoms with van der Waals surface area (Å²) in [7, 11) is 0. The summed E-state index contributed by atoms with van der Waals surface area (Å²) in [6.45, 7) is 4.37. The maximum Gasteiger partial charge on any atom is 0.271 e. The molecule has 0 bridgehead atoms. The molecular formula is C14H14N4O3. The molecule has 0 aliphatic carbocycles. The average Bonchev–Trinajstić information content (AvgIpc) is 3.06. The van der Waals surface area contributed by atoms with Crippen molar-refractivity contribution in [2.24, 2.45) is 0 Å². The molecule has 1 aromatic carbocycles. The van der Waals surface area contributed by atoms with Crippen LogP contribution in [0.3, 0.4) is 0 Å². The van der Waals surface area contributed by atoms with Gasteiger partial charge in [-0.05, 0) is 12.1 Å². The van der Waals surface area contributed by atoms with E-state index in [0.717, 1.165) is 10.9 Å². The second-order valence-electron chi connectivity index (χ2n) is 5.15. The van der Waals surface area contributed by atoms with Gasteiger partial charge in [0, 0.05) is 29.6 Å². The van der Waals surface area contributed by atoms with Crippen molar-refractivity contribution in [2.75, 3.05) is 0 Å². The van der Waals surface area contributed by atoms with Gasteiger partial charge < -0.3 is 9.09 Å². The average molecular weight is 286 g/mol. The lowest BCUT2D eigenvalue weighted by atomic mass is 10.2. The lowest BCUT2D eigenvalue weighted by Crippen LogP contribution is -2.00. The predicted molar refractivity (Wildman–Crippen MR) is 76.1 cm³/mol. The lowest BCUT2D eigenvalue weighted by Gasteiger charge is -2.01. The van der Waals surface area contributed by atoms with Crippen LogP contribution >= 0.6 is 0 Å². The molecule has 0 amide bonds. The molecule has 0 saturated heterocycles. The highest BCUT2D eigenvalue weighted by Crippen LogP contribution is 2.22. The zero-order valence-corrected chi connectivity index (χ0v) is 11.7. The number of hydrogen-bond donors (Lipinski definition) is 0. The van der Waals surface area contributed by atoms with Gasteiger partial charge in [-0.25, -0.2) is 0 Å². The Hall–Kier alpha value is -2.70. The van der Waals surface area contributed by atoms with Gasteiger partial charge in [-0.15, -0.1) is 0 Å². The molecule has 7 nitrogen and oxygen atoms in total. The molecule has 21 heavy (non-hydrogen) atoms.